The predicted molar refractivity (Wildman–Crippen MR) is 106 cm³/mol. The van der Waals surface area contributed by atoms with Crippen LogP contribution in [0, 0.1) is 0 Å². The van der Waals surface area contributed by atoms with Crippen molar-refractivity contribution < 1.29 is 18.0 Å². The summed E-state index contributed by atoms with van der Waals surface area (Å²) < 4.78 is 43.1. The zero-order chi connectivity index (χ0) is 20.8. The number of nitrogens with zero attached hydrogens (tertiary/aromatic N) is 2. The van der Waals surface area contributed by atoms with E-state index in [4.69, 9.17) is 0 Å². The van der Waals surface area contributed by atoms with E-state index in [2.05, 4.69) is 21.2 Å². The van der Waals surface area contributed by atoms with Crippen molar-refractivity contribution in [3.05, 3.63) is 40.1 Å². The maximum atomic E-state index is 13.2. The summed E-state index contributed by atoms with van der Waals surface area (Å²) in [5, 5.41) is 7.05. The number of anilines is 1. The lowest BCUT2D eigenvalue weighted by Crippen LogP contribution is -2.24. The molecule has 0 fully saturated rings. The number of hydrogen-bond donors (Lipinski definition) is 2. The third-order valence-electron chi connectivity index (χ3n) is 5.45. The van der Waals surface area contributed by atoms with Gasteiger partial charge in [0.25, 0.3) is 0 Å². The summed E-state index contributed by atoms with van der Waals surface area (Å²) in [6.45, 7) is 3.26. The Kier molecular flexibility index (Phi) is 5.27. The summed E-state index contributed by atoms with van der Waals surface area (Å²) in [5.41, 5.74) is 5.09. The maximum Gasteiger partial charge on any atom is 0.433 e. The molecule has 2 aromatic rings. The largest absolute Gasteiger partial charge is 0.433 e. The van der Waals surface area contributed by atoms with Crippen molar-refractivity contribution in [2.24, 2.45) is 0 Å². The average Bonchev–Trinajstić information content (AvgIpc) is 3.37. The molecule has 2 amide bonds. The van der Waals surface area contributed by atoms with Gasteiger partial charge in [-0.05, 0) is 74.6 Å². The van der Waals surface area contributed by atoms with Crippen LogP contribution in [0.3, 0.4) is 0 Å². The highest BCUT2D eigenvalue weighted by atomic mass is 32.2. The van der Waals surface area contributed by atoms with E-state index in [1.54, 1.807) is 13.8 Å². The van der Waals surface area contributed by atoms with Crippen molar-refractivity contribution in [3.8, 4) is 0 Å². The molecule has 0 radical (unpaired) electrons. The molecule has 156 valence electrons. The number of aryl methyl sites for hydroxylation is 2. The number of aromatic nitrogens is 2. The molecule has 0 aliphatic heterocycles. The first-order chi connectivity index (χ1) is 13.7. The Morgan fingerprint density at radius 2 is 1.72 bits per heavy atom. The van der Waals surface area contributed by atoms with Gasteiger partial charge < -0.3 is 5.32 Å². The molecule has 29 heavy (non-hydrogen) atoms. The smallest absolute Gasteiger partial charge is 0.307 e. The van der Waals surface area contributed by atoms with Crippen LogP contribution in [0.5, 0.6) is 0 Å². The molecule has 5 nitrogen and oxygen atoms in total. The average molecular weight is 424 g/mol. The van der Waals surface area contributed by atoms with Gasteiger partial charge in [-0.2, -0.15) is 18.3 Å². The number of carbonyl (C=O) groups is 1. The van der Waals surface area contributed by atoms with Crippen molar-refractivity contribution in [3.63, 3.8) is 0 Å². The molecule has 9 heteroatoms. The standard InChI is InChI=1S/C20H23F3N4OS/c1-11(2)27-16(20(21,22)23)10-17(25-27)29-26-19(28)24-18-14-7-3-5-12(14)9-13-6-4-8-15(13)18/h9-11H,3-8H2,1-2H3,(H2,24,26,28). The first-order valence-corrected chi connectivity index (χ1v) is 10.6. The van der Waals surface area contributed by atoms with Crippen molar-refractivity contribution in [1.82, 2.24) is 14.5 Å². The Morgan fingerprint density at radius 1 is 1.10 bits per heavy atom. The van der Waals surface area contributed by atoms with Crippen LogP contribution in [0.2, 0.25) is 0 Å². The molecule has 0 spiro atoms. The Balaban J connectivity index is 1.49. The topological polar surface area (TPSA) is 59.0 Å². The van der Waals surface area contributed by atoms with Crippen LogP contribution in [0.1, 0.15) is 60.7 Å². The number of fused-ring (bicyclic) bond motifs is 2. The van der Waals surface area contributed by atoms with Crippen LogP contribution in [0.25, 0.3) is 0 Å². The fraction of sp³-hybridized carbons (Fsp3) is 0.500. The molecule has 1 aromatic carbocycles. The Hall–Kier alpha value is -2.16. The lowest BCUT2D eigenvalue weighted by Gasteiger charge is -2.16. The molecule has 0 unspecified atom stereocenters. The summed E-state index contributed by atoms with van der Waals surface area (Å²) >= 11 is 0.789. The highest BCUT2D eigenvalue weighted by Gasteiger charge is 2.36. The van der Waals surface area contributed by atoms with Crippen molar-refractivity contribution >= 4 is 23.7 Å². The van der Waals surface area contributed by atoms with Crippen LogP contribution in [0.4, 0.5) is 23.7 Å². The SMILES string of the molecule is CC(C)n1nc(SNC(=O)Nc2c3c(cc4c2CCC4)CCC3)cc1C(F)(F)F. The van der Waals surface area contributed by atoms with Gasteiger partial charge in [-0.3, -0.25) is 9.40 Å². The fourth-order valence-corrected chi connectivity index (χ4v) is 4.78. The van der Waals surface area contributed by atoms with E-state index in [-0.39, 0.29) is 5.03 Å². The van der Waals surface area contributed by atoms with Gasteiger partial charge >= 0.3 is 12.2 Å². The second-order valence-electron chi connectivity index (χ2n) is 7.80. The second kappa shape index (κ2) is 7.59. The van der Waals surface area contributed by atoms with Gasteiger partial charge in [-0.1, -0.05) is 6.07 Å². The first-order valence-electron chi connectivity index (χ1n) is 9.81. The molecule has 2 aliphatic rings. The minimum atomic E-state index is -4.50. The van der Waals surface area contributed by atoms with E-state index < -0.39 is 23.9 Å². The first kappa shape index (κ1) is 20.1. The molecule has 0 bridgehead atoms. The Bertz CT molecular complexity index is 920. The van der Waals surface area contributed by atoms with E-state index in [0.717, 1.165) is 66.9 Å². The zero-order valence-corrected chi connectivity index (χ0v) is 17.1. The van der Waals surface area contributed by atoms with Gasteiger partial charge in [0.05, 0.1) is 0 Å². The third-order valence-corrected chi connectivity index (χ3v) is 6.15. The van der Waals surface area contributed by atoms with Crippen molar-refractivity contribution in [1.29, 1.82) is 0 Å². The van der Waals surface area contributed by atoms with Crippen LogP contribution >= 0.6 is 11.9 Å². The quantitative estimate of drug-likeness (QED) is 0.656. The third kappa shape index (κ3) is 3.97. The normalized spacial score (nSPS) is 15.5. The highest BCUT2D eigenvalue weighted by molar-refractivity contribution is 7.97. The number of rotatable bonds is 4. The minimum Gasteiger partial charge on any atom is -0.307 e. The van der Waals surface area contributed by atoms with Crippen LogP contribution in [-0.2, 0) is 31.9 Å². The minimum absolute atomic E-state index is 0.102. The zero-order valence-electron chi connectivity index (χ0n) is 16.3. The van der Waals surface area contributed by atoms with Crippen LogP contribution in [0.15, 0.2) is 17.2 Å². The number of nitrogens with one attached hydrogen (secondary N) is 2. The monoisotopic (exact) mass is 424 g/mol. The van der Waals surface area contributed by atoms with Crippen LogP contribution < -0.4 is 10.0 Å². The number of carbonyl (C=O) groups excluding carboxylic acids is 1. The van der Waals surface area contributed by atoms with Gasteiger partial charge in [-0.15, -0.1) is 0 Å². The summed E-state index contributed by atoms with van der Waals surface area (Å²) in [7, 11) is 0. The molecule has 2 aliphatic carbocycles. The van der Waals surface area contributed by atoms with Crippen LogP contribution in [-0.4, -0.2) is 15.8 Å². The molecule has 2 N–H and O–H groups in total. The number of urea groups is 1. The Morgan fingerprint density at radius 3 is 2.24 bits per heavy atom. The highest BCUT2D eigenvalue weighted by Crippen LogP contribution is 2.39. The summed E-state index contributed by atoms with van der Waals surface area (Å²) in [6.07, 6.45) is 1.61. The van der Waals surface area contributed by atoms with Gasteiger partial charge in [0, 0.05) is 29.7 Å². The summed E-state index contributed by atoms with van der Waals surface area (Å²) in [5.74, 6) is 0. The molecule has 0 saturated carbocycles. The summed E-state index contributed by atoms with van der Waals surface area (Å²) in [4.78, 5) is 12.5. The second-order valence-corrected chi connectivity index (χ2v) is 8.62. The van der Waals surface area contributed by atoms with Gasteiger partial charge in [0.1, 0.15) is 10.7 Å². The lowest BCUT2D eigenvalue weighted by atomic mass is 9.99. The van der Waals surface area contributed by atoms with Gasteiger partial charge in [-0.25, -0.2) is 4.79 Å². The van der Waals surface area contributed by atoms with E-state index in [0.29, 0.717) is 0 Å². The lowest BCUT2D eigenvalue weighted by molar-refractivity contribution is -0.144. The molecule has 4 rings (SSSR count). The van der Waals surface area contributed by atoms with E-state index in [1.165, 1.54) is 22.3 Å². The predicted octanol–water partition coefficient (Wildman–Crippen LogP) is 5.29. The molecular weight excluding hydrogens is 401 g/mol. The van der Waals surface area contributed by atoms with Gasteiger partial charge in [0.15, 0.2) is 0 Å². The van der Waals surface area contributed by atoms with E-state index >= 15 is 0 Å². The number of benzene rings is 1. The number of hydrogen-bond acceptors (Lipinski definition) is 3. The molecular formula is C20H23F3N4OS. The Labute approximate surface area is 171 Å². The number of amides is 2. The molecule has 0 atom stereocenters. The fourth-order valence-electron chi connectivity index (χ4n) is 4.23. The van der Waals surface area contributed by atoms with Crippen molar-refractivity contribution in [2.75, 3.05) is 5.32 Å². The molecule has 0 saturated heterocycles. The molecule has 1 aromatic heterocycles. The maximum absolute atomic E-state index is 13.2. The van der Waals surface area contributed by atoms with Gasteiger partial charge in [0.2, 0.25) is 0 Å². The summed E-state index contributed by atoms with van der Waals surface area (Å²) in [6, 6.07) is 2.35. The van der Waals surface area contributed by atoms with E-state index in [9.17, 15) is 18.0 Å². The molecule has 1 heterocycles. The van der Waals surface area contributed by atoms with Crippen molar-refractivity contribution in [2.45, 2.75) is 69.6 Å². The number of alkyl halides is 3. The number of halogens is 3. The van der Waals surface area contributed by atoms with E-state index in [1.807, 2.05) is 0 Å².